The van der Waals surface area contributed by atoms with Crippen molar-refractivity contribution in [3.63, 3.8) is 0 Å². The van der Waals surface area contributed by atoms with Gasteiger partial charge in [-0.25, -0.2) is 4.79 Å². The maximum atomic E-state index is 12.0. The minimum Gasteiger partial charge on any atom is -0.478 e. The SMILES string of the molecule is COC1CCCC1CNC(=O)c1cc(C(=O)O)ccn1. The van der Waals surface area contributed by atoms with Crippen molar-refractivity contribution in [1.82, 2.24) is 10.3 Å². The van der Waals surface area contributed by atoms with Gasteiger partial charge < -0.3 is 15.2 Å². The molecule has 0 saturated heterocycles. The summed E-state index contributed by atoms with van der Waals surface area (Å²) in [4.78, 5) is 26.7. The number of methoxy groups -OCH3 is 1. The van der Waals surface area contributed by atoms with E-state index in [1.807, 2.05) is 0 Å². The molecule has 0 spiro atoms. The van der Waals surface area contributed by atoms with Gasteiger partial charge in [0.2, 0.25) is 0 Å². The van der Waals surface area contributed by atoms with Crippen molar-refractivity contribution in [2.75, 3.05) is 13.7 Å². The van der Waals surface area contributed by atoms with Crippen LogP contribution in [0, 0.1) is 5.92 Å². The van der Waals surface area contributed by atoms with E-state index in [-0.39, 0.29) is 23.3 Å². The predicted octanol–water partition coefficient (Wildman–Crippen LogP) is 1.32. The molecule has 2 N–H and O–H groups in total. The van der Waals surface area contributed by atoms with E-state index in [1.54, 1.807) is 7.11 Å². The summed E-state index contributed by atoms with van der Waals surface area (Å²) in [5.74, 6) is -1.11. The van der Waals surface area contributed by atoms with Gasteiger partial charge >= 0.3 is 5.97 Å². The van der Waals surface area contributed by atoms with Crippen LogP contribution in [0.1, 0.15) is 40.1 Å². The molecular weight excluding hydrogens is 260 g/mol. The van der Waals surface area contributed by atoms with Crippen molar-refractivity contribution in [3.05, 3.63) is 29.6 Å². The number of aromatic carboxylic acids is 1. The summed E-state index contributed by atoms with van der Waals surface area (Å²) in [6.45, 7) is 0.524. The second-order valence-electron chi connectivity index (χ2n) is 4.91. The average Bonchev–Trinajstić information content (AvgIpc) is 2.92. The number of nitrogens with one attached hydrogen (secondary N) is 1. The molecule has 1 heterocycles. The number of carboxylic acids is 1. The summed E-state index contributed by atoms with van der Waals surface area (Å²) in [7, 11) is 1.68. The van der Waals surface area contributed by atoms with Crippen LogP contribution in [0.5, 0.6) is 0 Å². The quantitative estimate of drug-likeness (QED) is 0.848. The smallest absolute Gasteiger partial charge is 0.335 e. The van der Waals surface area contributed by atoms with E-state index in [0.717, 1.165) is 19.3 Å². The molecule has 0 aliphatic heterocycles. The van der Waals surface area contributed by atoms with E-state index in [2.05, 4.69) is 10.3 Å². The topological polar surface area (TPSA) is 88.5 Å². The third-order valence-corrected chi connectivity index (χ3v) is 3.66. The van der Waals surface area contributed by atoms with E-state index in [4.69, 9.17) is 9.84 Å². The second kappa shape index (κ2) is 6.47. The largest absolute Gasteiger partial charge is 0.478 e. The van der Waals surface area contributed by atoms with Crippen molar-refractivity contribution in [1.29, 1.82) is 0 Å². The van der Waals surface area contributed by atoms with E-state index < -0.39 is 5.97 Å². The van der Waals surface area contributed by atoms with E-state index in [0.29, 0.717) is 12.5 Å². The maximum Gasteiger partial charge on any atom is 0.335 e. The lowest BCUT2D eigenvalue weighted by Crippen LogP contribution is -2.33. The zero-order chi connectivity index (χ0) is 14.5. The Hall–Kier alpha value is -1.95. The summed E-state index contributed by atoms with van der Waals surface area (Å²) in [5, 5.41) is 11.7. The van der Waals surface area contributed by atoms with Gasteiger partial charge in [0.1, 0.15) is 5.69 Å². The normalized spacial score (nSPS) is 21.6. The molecule has 20 heavy (non-hydrogen) atoms. The van der Waals surface area contributed by atoms with Crippen LogP contribution in [0.2, 0.25) is 0 Å². The number of carbonyl (C=O) groups is 2. The van der Waals surface area contributed by atoms with Gasteiger partial charge in [-0.1, -0.05) is 6.42 Å². The minimum atomic E-state index is -1.07. The number of carbonyl (C=O) groups excluding carboxylic acids is 1. The lowest BCUT2D eigenvalue weighted by molar-refractivity contribution is 0.0682. The number of hydrogen-bond acceptors (Lipinski definition) is 4. The van der Waals surface area contributed by atoms with Crippen molar-refractivity contribution in [2.45, 2.75) is 25.4 Å². The van der Waals surface area contributed by atoms with Crippen LogP contribution in [-0.4, -0.2) is 41.7 Å². The second-order valence-corrected chi connectivity index (χ2v) is 4.91. The number of amides is 1. The van der Waals surface area contributed by atoms with Gasteiger partial charge in [0.25, 0.3) is 5.91 Å². The Bertz CT molecular complexity index is 504. The summed E-state index contributed by atoms with van der Waals surface area (Å²) < 4.78 is 5.37. The first-order chi connectivity index (χ1) is 9.61. The maximum absolute atomic E-state index is 12.0. The molecule has 1 aliphatic carbocycles. The summed E-state index contributed by atoms with van der Waals surface area (Å²) in [6.07, 6.45) is 4.66. The first kappa shape index (κ1) is 14.5. The van der Waals surface area contributed by atoms with Crippen molar-refractivity contribution < 1.29 is 19.4 Å². The molecule has 2 unspecified atom stereocenters. The summed E-state index contributed by atoms with van der Waals surface area (Å²) in [6, 6.07) is 2.64. The molecule has 0 radical (unpaired) electrons. The van der Waals surface area contributed by atoms with Gasteiger partial charge in [-0.2, -0.15) is 0 Å². The fraction of sp³-hybridized carbons (Fsp3) is 0.500. The number of ether oxygens (including phenoxy) is 1. The van der Waals surface area contributed by atoms with Gasteiger partial charge in [0.05, 0.1) is 11.7 Å². The number of pyridine rings is 1. The number of aromatic nitrogens is 1. The predicted molar refractivity (Wildman–Crippen MR) is 71.7 cm³/mol. The average molecular weight is 278 g/mol. The summed E-state index contributed by atoms with van der Waals surface area (Å²) in [5.41, 5.74) is 0.178. The number of carboxylic acid groups (broad SMARTS) is 1. The molecule has 1 saturated carbocycles. The van der Waals surface area contributed by atoms with Gasteiger partial charge in [0.15, 0.2) is 0 Å². The van der Waals surface area contributed by atoms with E-state index in [9.17, 15) is 9.59 Å². The van der Waals surface area contributed by atoms with Gasteiger partial charge in [-0.15, -0.1) is 0 Å². The standard InChI is InChI=1S/C14H18N2O4/c1-20-12-4-2-3-10(12)8-16-13(17)11-7-9(14(18)19)5-6-15-11/h5-7,10,12H,2-4,8H2,1H3,(H,16,17)(H,18,19). The first-order valence-corrected chi connectivity index (χ1v) is 6.62. The van der Waals surface area contributed by atoms with Crippen LogP contribution in [0.25, 0.3) is 0 Å². The van der Waals surface area contributed by atoms with Crippen molar-refractivity contribution in [2.24, 2.45) is 5.92 Å². The van der Waals surface area contributed by atoms with Gasteiger partial charge in [0, 0.05) is 25.8 Å². The fourth-order valence-corrected chi connectivity index (χ4v) is 2.55. The molecule has 6 heteroatoms. The molecule has 108 valence electrons. The lowest BCUT2D eigenvalue weighted by atomic mass is 10.1. The molecule has 6 nitrogen and oxygen atoms in total. The Kier molecular flexibility index (Phi) is 4.68. The zero-order valence-corrected chi connectivity index (χ0v) is 11.3. The monoisotopic (exact) mass is 278 g/mol. The molecule has 2 rings (SSSR count). The third-order valence-electron chi connectivity index (χ3n) is 3.66. The molecular formula is C14H18N2O4. The fourth-order valence-electron chi connectivity index (χ4n) is 2.55. The zero-order valence-electron chi connectivity index (χ0n) is 11.3. The minimum absolute atomic E-state index is 0.0563. The molecule has 1 aliphatic rings. The summed E-state index contributed by atoms with van der Waals surface area (Å²) >= 11 is 0. The molecule has 1 fully saturated rings. The van der Waals surface area contributed by atoms with E-state index >= 15 is 0 Å². The van der Waals surface area contributed by atoms with Crippen LogP contribution < -0.4 is 5.32 Å². The molecule has 1 aromatic rings. The Morgan fingerprint density at radius 3 is 3.00 bits per heavy atom. The van der Waals surface area contributed by atoms with Crippen molar-refractivity contribution in [3.8, 4) is 0 Å². The Morgan fingerprint density at radius 2 is 2.30 bits per heavy atom. The molecule has 0 aromatic carbocycles. The van der Waals surface area contributed by atoms with Crippen LogP contribution in [0.3, 0.4) is 0 Å². The third kappa shape index (κ3) is 3.33. The van der Waals surface area contributed by atoms with Crippen LogP contribution in [-0.2, 0) is 4.74 Å². The highest BCUT2D eigenvalue weighted by atomic mass is 16.5. The number of hydrogen-bond donors (Lipinski definition) is 2. The van der Waals surface area contributed by atoms with Crippen LogP contribution in [0.15, 0.2) is 18.3 Å². The molecule has 0 bridgehead atoms. The molecule has 2 atom stereocenters. The van der Waals surface area contributed by atoms with Gasteiger partial charge in [-0.3, -0.25) is 9.78 Å². The Morgan fingerprint density at radius 1 is 1.50 bits per heavy atom. The first-order valence-electron chi connectivity index (χ1n) is 6.62. The Balaban J connectivity index is 1.95. The Labute approximate surface area is 117 Å². The number of rotatable bonds is 5. The highest BCUT2D eigenvalue weighted by molar-refractivity contribution is 5.95. The lowest BCUT2D eigenvalue weighted by Gasteiger charge is -2.18. The number of nitrogens with zero attached hydrogens (tertiary/aromatic N) is 1. The van der Waals surface area contributed by atoms with Gasteiger partial charge in [-0.05, 0) is 25.0 Å². The van der Waals surface area contributed by atoms with Crippen LogP contribution in [0.4, 0.5) is 0 Å². The highest BCUT2D eigenvalue weighted by Gasteiger charge is 2.27. The molecule has 1 amide bonds. The van der Waals surface area contributed by atoms with Crippen molar-refractivity contribution >= 4 is 11.9 Å². The molecule has 1 aromatic heterocycles. The van der Waals surface area contributed by atoms with Crippen LogP contribution >= 0.6 is 0 Å². The van der Waals surface area contributed by atoms with E-state index in [1.165, 1.54) is 18.3 Å². The highest BCUT2D eigenvalue weighted by Crippen LogP contribution is 2.27.